The maximum absolute atomic E-state index is 11.8. The first-order chi connectivity index (χ1) is 4.55. The second-order valence-electron chi connectivity index (χ2n) is 2.70. The molecule has 0 heterocycles. The average molecular weight is 153 g/mol. The Bertz CT molecular complexity index is 121. The van der Waals surface area contributed by atoms with Gasteiger partial charge in [-0.25, -0.2) is 0 Å². The van der Waals surface area contributed by atoms with Gasteiger partial charge in [-0.05, 0) is 25.9 Å². The lowest BCUT2D eigenvalue weighted by atomic mass is 10.3. The van der Waals surface area contributed by atoms with Crippen LogP contribution < -0.4 is 5.32 Å². The van der Waals surface area contributed by atoms with Crippen LogP contribution in [0, 0.1) is 11.8 Å². The molecule has 0 radical (unpaired) electrons. The number of rotatable bonds is 2. The van der Waals surface area contributed by atoms with Crippen LogP contribution in [0.1, 0.15) is 6.42 Å². The van der Waals surface area contributed by atoms with E-state index in [0.717, 1.165) is 0 Å². The van der Waals surface area contributed by atoms with Crippen molar-refractivity contribution in [1.82, 2.24) is 5.32 Å². The smallest absolute Gasteiger partial charge is 0.319 e. The molecule has 1 rings (SSSR count). The van der Waals surface area contributed by atoms with Gasteiger partial charge >= 0.3 is 6.18 Å². The largest absolute Gasteiger partial charge is 0.392 e. The molecule has 2 unspecified atom stereocenters. The highest BCUT2D eigenvalue weighted by molar-refractivity contribution is 4.92. The molecule has 1 aliphatic carbocycles. The van der Waals surface area contributed by atoms with Crippen molar-refractivity contribution in [1.29, 1.82) is 0 Å². The number of nitrogens with one attached hydrogen (secondary N) is 1. The highest BCUT2D eigenvalue weighted by Gasteiger charge is 2.54. The van der Waals surface area contributed by atoms with Crippen LogP contribution in [-0.4, -0.2) is 19.8 Å². The van der Waals surface area contributed by atoms with E-state index in [9.17, 15) is 13.2 Å². The maximum Gasteiger partial charge on any atom is 0.392 e. The summed E-state index contributed by atoms with van der Waals surface area (Å²) in [5.74, 6) is -1.19. The van der Waals surface area contributed by atoms with E-state index in [1.807, 2.05) is 0 Å². The molecule has 60 valence electrons. The van der Waals surface area contributed by atoms with Gasteiger partial charge in [0.1, 0.15) is 0 Å². The minimum atomic E-state index is -3.96. The van der Waals surface area contributed by atoms with Gasteiger partial charge in [0.05, 0.1) is 5.92 Å². The molecule has 10 heavy (non-hydrogen) atoms. The molecule has 1 fully saturated rings. The van der Waals surface area contributed by atoms with Gasteiger partial charge in [-0.3, -0.25) is 0 Å². The fourth-order valence-corrected chi connectivity index (χ4v) is 1.14. The summed E-state index contributed by atoms with van der Waals surface area (Å²) in [6.45, 7) is 0.490. The Kier molecular flexibility index (Phi) is 1.90. The Morgan fingerprint density at radius 3 is 2.40 bits per heavy atom. The summed E-state index contributed by atoms with van der Waals surface area (Å²) in [7, 11) is 1.67. The van der Waals surface area contributed by atoms with Crippen molar-refractivity contribution in [3.8, 4) is 0 Å². The molecule has 0 aliphatic heterocycles. The maximum atomic E-state index is 11.8. The van der Waals surface area contributed by atoms with Crippen molar-refractivity contribution in [3.05, 3.63) is 0 Å². The van der Waals surface area contributed by atoms with Crippen LogP contribution in [0.3, 0.4) is 0 Å². The summed E-state index contributed by atoms with van der Waals surface area (Å²) in [6, 6.07) is 0. The second-order valence-corrected chi connectivity index (χ2v) is 2.70. The predicted molar refractivity (Wildman–Crippen MR) is 31.6 cm³/mol. The van der Waals surface area contributed by atoms with Crippen LogP contribution in [0.5, 0.6) is 0 Å². The molecule has 0 saturated heterocycles. The third-order valence-corrected chi connectivity index (χ3v) is 1.81. The zero-order chi connectivity index (χ0) is 7.78. The van der Waals surface area contributed by atoms with Crippen LogP contribution in [-0.2, 0) is 0 Å². The van der Waals surface area contributed by atoms with Gasteiger partial charge in [-0.15, -0.1) is 0 Å². The van der Waals surface area contributed by atoms with E-state index < -0.39 is 12.1 Å². The number of alkyl halides is 3. The molecular formula is C6H10F3N. The first-order valence-corrected chi connectivity index (χ1v) is 3.27. The molecule has 0 aromatic heterocycles. The molecule has 1 saturated carbocycles. The van der Waals surface area contributed by atoms with Crippen LogP contribution in [0.25, 0.3) is 0 Å². The van der Waals surface area contributed by atoms with E-state index >= 15 is 0 Å². The normalized spacial score (nSPS) is 32.4. The standard InChI is InChI=1S/C6H10F3N/c1-10-3-4-2-5(4)6(7,8)9/h4-5,10H,2-3H2,1H3. The molecular weight excluding hydrogens is 143 g/mol. The fourth-order valence-electron chi connectivity index (χ4n) is 1.14. The van der Waals surface area contributed by atoms with Gasteiger partial charge in [-0.2, -0.15) is 13.2 Å². The van der Waals surface area contributed by atoms with Crippen LogP contribution >= 0.6 is 0 Å². The van der Waals surface area contributed by atoms with Crippen LogP contribution in [0.4, 0.5) is 13.2 Å². The van der Waals surface area contributed by atoms with E-state index in [1.54, 1.807) is 7.05 Å². The van der Waals surface area contributed by atoms with E-state index in [1.165, 1.54) is 0 Å². The number of hydrogen-bond donors (Lipinski definition) is 1. The van der Waals surface area contributed by atoms with Gasteiger partial charge in [0.15, 0.2) is 0 Å². The minimum absolute atomic E-state index is 0.162. The van der Waals surface area contributed by atoms with Crippen molar-refractivity contribution < 1.29 is 13.2 Å². The molecule has 0 aromatic rings. The Labute approximate surface area is 57.6 Å². The first-order valence-electron chi connectivity index (χ1n) is 3.27. The number of hydrogen-bond acceptors (Lipinski definition) is 1. The SMILES string of the molecule is CNCC1CC1C(F)(F)F. The summed E-state index contributed by atoms with van der Waals surface area (Å²) >= 11 is 0. The van der Waals surface area contributed by atoms with Crippen LogP contribution in [0.2, 0.25) is 0 Å². The quantitative estimate of drug-likeness (QED) is 0.632. The van der Waals surface area contributed by atoms with Crippen molar-refractivity contribution in [2.45, 2.75) is 12.6 Å². The molecule has 0 spiro atoms. The van der Waals surface area contributed by atoms with Crippen molar-refractivity contribution in [2.75, 3.05) is 13.6 Å². The van der Waals surface area contributed by atoms with Crippen molar-refractivity contribution in [2.24, 2.45) is 11.8 Å². The Morgan fingerprint density at radius 2 is 2.10 bits per heavy atom. The summed E-state index contributed by atoms with van der Waals surface area (Å²) in [6.07, 6.45) is -3.65. The minimum Gasteiger partial charge on any atom is -0.319 e. The lowest BCUT2D eigenvalue weighted by molar-refractivity contribution is -0.150. The van der Waals surface area contributed by atoms with Gasteiger partial charge in [0.25, 0.3) is 0 Å². The van der Waals surface area contributed by atoms with Gasteiger partial charge < -0.3 is 5.32 Å². The molecule has 0 amide bonds. The molecule has 1 nitrogen and oxygen atoms in total. The Balaban J connectivity index is 2.25. The van der Waals surface area contributed by atoms with Crippen LogP contribution in [0.15, 0.2) is 0 Å². The highest BCUT2D eigenvalue weighted by atomic mass is 19.4. The Hall–Kier alpha value is -0.250. The zero-order valence-electron chi connectivity index (χ0n) is 5.70. The lowest BCUT2D eigenvalue weighted by Gasteiger charge is -2.03. The predicted octanol–water partition coefficient (Wildman–Crippen LogP) is 1.40. The third kappa shape index (κ3) is 1.62. The monoisotopic (exact) mass is 153 g/mol. The Morgan fingerprint density at radius 1 is 1.50 bits per heavy atom. The molecule has 0 aromatic carbocycles. The summed E-state index contributed by atoms with van der Waals surface area (Å²) < 4.78 is 35.4. The van der Waals surface area contributed by atoms with E-state index in [0.29, 0.717) is 13.0 Å². The topological polar surface area (TPSA) is 12.0 Å². The molecule has 1 N–H and O–H groups in total. The summed E-state index contributed by atoms with van der Waals surface area (Å²) in [5.41, 5.74) is 0. The van der Waals surface area contributed by atoms with E-state index in [-0.39, 0.29) is 5.92 Å². The third-order valence-electron chi connectivity index (χ3n) is 1.81. The van der Waals surface area contributed by atoms with Gasteiger partial charge in [0, 0.05) is 0 Å². The highest BCUT2D eigenvalue weighted by Crippen LogP contribution is 2.49. The summed E-state index contributed by atoms with van der Waals surface area (Å²) in [4.78, 5) is 0. The molecule has 0 bridgehead atoms. The lowest BCUT2D eigenvalue weighted by Crippen LogP contribution is -2.17. The molecule has 1 aliphatic rings. The van der Waals surface area contributed by atoms with Crippen molar-refractivity contribution in [3.63, 3.8) is 0 Å². The molecule has 2 atom stereocenters. The number of halogens is 3. The van der Waals surface area contributed by atoms with Crippen molar-refractivity contribution >= 4 is 0 Å². The van der Waals surface area contributed by atoms with E-state index in [2.05, 4.69) is 5.32 Å². The first kappa shape index (κ1) is 7.85. The van der Waals surface area contributed by atoms with Gasteiger partial charge in [-0.1, -0.05) is 0 Å². The second kappa shape index (κ2) is 2.42. The zero-order valence-corrected chi connectivity index (χ0v) is 5.70. The summed E-state index contributed by atoms with van der Waals surface area (Å²) in [5, 5.41) is 2.73. The average Bonchev–Trinajstić information content (AvgIpc) is 2.44. The van der Waals surface area contributed by atoms with E-state index in [4.69, 9.17) is 0 Å². The molecule has 4 heteroatoms. The van der Waals surface area contributed by atoms with Gasteiger partial charge in [0.2, 0.25) is 0 Å². The fraction of sp³-hybridized carbons (Fsp3) is 1.00.